The number of aromatic nitrogens is 2. The molecule has 0 fully saturated rings. The molecule has 3 atom stereocenters. The predicted octanol–water partition coefficient (Wildman–Crippen LogP) is -3.24. The highest BCUT2D eigenvalue weighted by Gasteiger charge is 2.24. The van der Waals surface area contributed by atoms with E-state index in [4.69, 9.17) is 5.11 Å². The van der Waals surface area contributed by atoms with Crippen molar-refractivity contribution in [1.82, 2.24) is 9.97 Å². The Bertz CT molecular complexity index is 636. The number of carbonyl (C=O) groups excluding carboxylic acids is 1. The van der Waals surface area contributed by atoms with Crippen molar-refractivity contribution in [2.75, 3.05) is 18.5 Å². The van der Waals surface area contributed by atoms with Gasteiger partial charge in [0, 0.05) is 6.54 Å². The van der Waals surface area contributed by atoms with Crippen LogP contribution in [0.4, 0.5) is 5.82 Å². The van der Waals surface area contributed by atoms with Crippen LogP contribution < -0.4 is 16.6 Å². The molecule has 0 unspecified atom stereocenters. The lowest BCUT2D eigenvalue weighted by atomic mass is 10.1. The van der Waals surface area contributed by atoms with Crippen LogP contribution in [0.3, 0.4) is 0 Å². The summed E-state index contributed by atoms with van der Waals surface area (Å²) >= 11 is 0. The number of H-pyrrole nitrogens is 2. The Morgan fingerprint density at radius 1 is 1.14 bits per heavy atom. The third kappa shape index (κ3) is 4.63. The number of aldehydes is 1. The van der Waals surface area contributed by atoms with Crippen LogP contribution in [0.5, 0.6) is 0 Å². The number of aliphatic hydroxyl groups is 4. The van der Waals surface area contributed by atoms with Gasteiger partial charge < -0.3 is 25.7 Å². The molecule has 10 nitrogen and oxygen atoms in total. The van der Waals surface area contributed by atoms with Crippen LogP contribution in [0.1, 0.15) is 5.56 Å². The molecule has 0 spiro atoms. The molecule has 0 radical (unpaired) electrons. The zero-order valence-corrected chi connectivity index (χ0v) is 11.4. The van der Waals surface area contributed by atoms with E-state index in [9.17, 15) is 29.7 Å². The number of aliphatic hydroxyl groups excluding tert-OH is 4. The van der Waals surface area contributed by atoms with E-state index < -0.39 is 36.2 Å². The normalized spacial score (nSPS) is 15.5. The van der Waals surface area contributed by atoms with E-state index in [-0.39, 0.29) is 17.9 Å². The third-order valence-electron chi connectivity index (χ3n) is 2.78. The summed E-state index contributed by atoms with van der Waals surface area (Å²) in [4.78, 5) is 37.4. The van der Waals surface area contributed by atoms with Crippen LogP contribution in [-0.4, -0.2) is 68.1 Å². The minimum Gasteiger partial charge on any atom is -0.394 e. The van der Waals surface area contributed by atoms with Crippen molar-refractivity contribution < 1.29 is 25.2 Å². The molecule has 0 amide bonds. The minimum absolute atomic E-state index is 0.0592. The molecule has 1 heterocycles. The number of allylic oxidation sites excluding steroid dienone is 1. The summed E-state index contributed by atoms with van der Waals surface area (Å²) < 4.78 is 0. The molecule has 1 rings (SSSR count). The molecule has 0 aromatic carbocycles. The fraction of sp³-hybridized carbons (Fsp3) is 0.417. The van der Waals surface area contributed by atoms with Crippen LogP contribution >= 0.6 is 0 Å². The van der Waals surface area contributed by atoms with E-state index >= 15 is 0 Å². The maximum Gasteiger partial charge on any atom is 0.327 e. The fourth-order valence-corrected chi connectivity index (χ4v) is 1.62. The van der Waals surface area contributed by atoms with Gasteiger partial charge in [0.2, 0.25) is 0 Å². The van der Waals surface area contributed by atoms with Crippen molar-refractivity contribution >= 4 is 18.2 Å². The van der Waals surface area contributed by atoms with E-state index in [2.05, 4.69) is 10.3 Å². The largest absolute Gasteiger partial charge is 0.394 e. The van der Waals surface area contributed by atoms with Crippen molar-refractivity contribution in [1.29, 1.82) is 0 Å². The average Bonchev–Trinajstić information content (AvgIpc) is 2.49. The van der Waals surface area contributed by atoms with Gasteiger partial charge in [-0.1, -0.05) is 0 Å². The van der Waals surface area contributed by atoms with Gasteiger partial charge in [-0.05, 0) is 12.2 Å². The molecule has 10 heteroatoms. The van der Waals surface area contributed by atoms with Crippen molar-refractivity contribution in [3.05, 3.63) is 32.5 Å². The van der Waals surface area contributed by atoms with E-state index in [1.54, 1.807) is 0 Å². The van der Waals surface area contributed by atoms with Crippen LogP contribution in [0, 0.1) is 0 Å². The molecule has 1 aromatic heterocycles. The number of nitrogens with one attached hydrogen (secondary N) is 3. The summed E-state index contributed by atoms with van der Waals surface area (Å²) in [6.45, 7) is -1.08. The SMILES string of the molecule is O=C/C=C/c1c(NC[C@H](O)[C@H](O)[C@H](O)CO)[nH]c(=O)[nH]c1=O. The highest BCUT2D eigenvalue weighted by Crippen LogP contribution is 2.08. The van der Waals surface area contributed by atoms with Crippen molar-refractivity contribution in [3.63, 3.8) is 0 Å². The Kier molecular flexibility index (Phi) is 6.66. The number of rotatable bonds is 8. The number of carbonyl (C=O) groups is 1. The van der Waals surface area contributed by atoms with E-state index in [1.807, 2.05) is 4.98 Å². The quantitative estimate of drug-likeness (QED) is 0.193. The summed E-state index contributed by atoms with van der Waals surface area (Å²) in [6, 6.07) is 0. The molecule has 0 bridgehead atoms. The first-order chi connectivity index (χ1) is 10.4. The summed E-state index contributed by atoms with van der Waals surface area (Å²) in [5.41, 5.74) is -1.62. The van der Waals surface area contributed by atoms with Crippen molar-refractivity contribution in [2.45, 2.75) is 18.3 Å². The van der Waals surface area contributed by atoms with Crippen molar-refractivity contribution in [2.24, 2.45) is 0 Å². The first-order valence-electron chi connectivity index (χ1n) is 6.28. The van der Waals surface area contributed by atoms with Crippen LogP contribution in [0.15, 0.2) is 15.7 Å². The molecule has 22 heavy (non-hydrogen) atoms. The van der Waals surface area contributed by atoms with Crippen LogP contribution in [0.25, 0.3) is 6.08 Å². The Morgan fingerprint density at radius 3 is 2.41 bits per heavy atom. The molecule has 0 saturated heterocycles. The van der Waals surface area contributed by atoms with Gasteiger partial charge in [-0.15, -0.1) is 0 Å². The molecule has 0 aliphatic carbocycles. The Hall–Kier alpha value is -2.27. The second kappa shape index (κ2) is 8.24. The number of hydrogen-bond acceptors (Lipinski definition) is 8. The highest BCUT2D eigenvalue weighted by atomic mass is 16.4. The molecule has 0 aliphatic heterocycles. The van der Waals surface area contributed by atoms with Gasteiger partial charge >= 0.3 is 5.69 Å². The molecular weight excluding hydrogens is 298 g/mol. The van der Waals surface area contributed by atoms with Gasteiger partial charge in [-0.25, -0.2) is 4.79 Å². The Labute approximate surface area is 123 Å². The molecule has 7 N–H and O–H groups in total. The fourth-order valence-electron chi connectivity index (χ4n) is 1.62. The minimum atomic E-state index is -1.62. The topological polar surface area (TPSA) is 176 Å². The lowest BCUT2D eigenvalue weighted by Gasteiger charge is -2.22. The zero-order chi connectivity index (χ0) is 16.7. The molecule has 0 saturated carbocycles. The van der Waals surface area contributed by atoms with Gasteiger partial charge in [-0.3, -0.25) is 19.6 Å². The summed E-state index contributed by atoms with van der Waals surface area (Å²) in [7, 11) is 0. The number of anilines is 1. The maximum atomic E-state index is 11.6. The average molecular weight is 315 g/mol. The summed E-state index contributed by atoms with van der Waals surface area (Å²) in [5, 5.41) is 39.5. The second-order valence-corrected chi connectivity index (χ2v) is 4.38. The smallest absolute Gasteiger partial charge is 0.327 e. The second-order valence-electron chi connectivity index (χ2n) is 4.38. The Balaban J connectivity index is 2.93. The van der Waals surface area contributed by atoms with E-state index in [1.165, 1.54) is 0 Å². The summed E-state index contributed by atoms with van der Waals surface area (Å²) in [5.74, 6) is -0.0726. The zero-order valence-electron chi connectivity index (χ0n) is 11.4. The third-order valence-corrected chi connectivity index (χ3v) is 2.78. The monoisotopic (exact) mass is 315 g/mol. The number of aromatic amines is 2. The highest BCUT2D eigenvalue weighted by molar-refractivity contribution is 5.76. The van der Waals surface area contributed by atoms with Crippen molar-refractivity contribution in [3.8, 4) is 0 Å². The maximum absolute atomic E-state index is 11.6. The van der Waals surface area contributed by atoms with Gasteiger partial charge in [0.25, 0.3) is 5.56 Å². The molecule has 0 aliphatic rings. The van der Waals surface area contributed by atoms with Crippen LogP contribution in [0.2, 0.25) is 0 Å². The van der Waals surface area contributed by atoms with Crippen LogP contribution in [-0.2, 0) is 4.79 Å². The number of hydrogen-bond donors (Lipinski definition) is 7. The standard InChI is InChI=1S/C12H17N3O7/c16-3-1-2-6-10(14-12(22)15-11(6)21)13-4-7(18)9(20)8(19)5-17/h1-3,7-9,17-20H,4-5H2,(H3,13,14,15,21,22)/b2-1+/t7-,8+,9-/m0/s1. The lowest BCUT2D eigenvalue weighted by molar-refractivity contribution is -0.104. The molecular formula is C12H17N3O7. The first kappa shape index (κ1) is 17.8. The van der Waals surface area contributed by atoms with Gasteiger partial charge in [0.15, 0.2) is 0 Å². The first-order valence-corrected chi connectivity index (χ1v) is 6.28. The Morgan fingerprint density at radius 2 is 1.82 bits per heavy atom. The van der Waals surface area contributed by atoms with Gasteiger partial charge in [0.05, 0.1) is 18.3 Å². The lowest BCUT2D eigenvalue weighted by Crippen LogP contribution is -2.43. The summed E-state index contributed by atoms with van der Waals surface area (Å²) in [6.07, 6.45) is -2.02. The van der Waals surface area contributed by atoms with E-state index in [0.717, 1.165) is 12.2 Å². The molecule has 122 valence electrons. The molecule has 1 aromatic rings. The van der Waals surface area contributed by atoms with Gasteiger partial charge in [-0.2, -0.15) is 0 Å². The predicted molar refractivity (Wildman–Crippen MR) is 76.4 cm³/mol. The van der Waals surface area contributed by atoms with E-state index in [0.29, 0.717) is 6.29 Å². The van der Waals surface area contributed by atoms with Gasteiger partial charge in [0.1, 0.15) is 24.3 Å².